The lowest BCUT2D eigenvalue weighted by atomic mass is 10.0. The van der Waals surface area contributed by atoms with Crippen LogP contribution >= 0.6 is 0 Å². The molecule has 1 heterocycles. The van der Waals surface area contributed by atoms with Gasteiger partial charge in [-0.3, -0.25) is 0 Å². The Morgan fingerprint density at radius 2 is 1.82 bits per heavy atom. The lowest BCUT2D eigenvalue weighted by Crippen LogP contribution is -1.93. The Kier molecular flexibility index (Phi) is 4.91. The highest BCUT2D eigenvalue weighted by Gasteiger charge is 2.02. The zero-order chi connectivity index (χ0) is 12.8. The first-order valence-electron chi connectivity index (χ1n) is 5.74. The molecule has 2 N–H and O–H groups in total. The highest BCUT2D eigenvalue weighted by atomic mass is 16.2. The quantitative estimate of drug-likeness (QED) is 0.838. The predicted molar refractivity (Wildman–Crippen MR) is 75.6 cm³/mol. The van der Waals surface area contributed by atoms with Crippen LogP contribution in [0.2, 0.25) is 0 Å². The van der Waals surface area contributed by atoms with E-state index in [2.05, 4.69) is 48.4 Å². The van der Waals surface area contributed by atoms with Gasteiger partial charge in [-0.25, -0.2) is 4.98 Å². The summed E-state index contributed by atoms with van der Waals surface area (Å²) in [5.41, 5.74) is 2.40. The van der Waals surface area contributed by atoms with Gasteiger partial charge in [-0.1, -0.05) is 26.0 Å². The number of aromatic nitrogens is 1. The lowest BCUT2D eigenvalue weighted by Gasteiger charge is -2.07. The number of nitrogens with one attached hydrogen (secondary N) is 1. The van der Waals surface area contributed by atoms with Gasteiger partial charge in [0, 0.05) is 21.0 Å². The summed E-state index contributed by atoms with van der Waals surface area (Å²) in [7, 11) is 2.89. The fourth-order valence-electron chi connectivity index (χ4n) is 1.63. The maximum Gasteiger partial charge on any atom is 0.126 e. The molecule has 0 aliphatic carbocycles. The van der Waals surface area contributed by atoms with Crippen molar-refractivity contribution >= 4 is 16.7 Å². The Bertz CT molecular complexity index is 486. The topological polar surface area (TPSA) is 45.2 Å². The third-order valence-corrected chi connectivity index (χ3v) is 2.64. The van der Waals surface area contributed by atoms with Gasteiger partial charge in [-0.15, -0.1) is 0 Å². The fourth-order valence-corrected chi connectivity index (χ4v) is 1.63. The molecule has 2 rings (SSSR count). The molecule has 1 aromatic carbocycles. The summed E-state index contributed by atoms with van der Waals surface area (Å²) in [6.07, 6.45) is 0. The molecule has 0 radical (unpaired) electrons. The zero-order valence-electron chi connectivity index (χ0n) is 10.9. The van der Waals surface area contributed by atoms with Gasteiger partial charge in [0.15, 0.2) is 0 Å². The maximum atomic E-state index is 7.00. The number of aliphatic hydroxyl groups excluding tert-OH is 1. The number of rotatable bonds is 2. The van der Waals surface area contributed by atoms with Gasteiger partial charge in [0.2, 0.25) is 0 Å². The molecule has 0 atom stereocenters. The van der Waals surface area contributed by atoms with Crippen LogP contribution in [0.5, 0.6) is 0 Å². The SMILES string of the molecule is CNc1ccc2ccc(C(C)C)cc2n1.CO.[HH]. The number of hydrogen-bond donors (Lipinski definition) is 2. The van der Waals surface area contributed by atoms with Crippen molar-refractivity contribution < 1.29 is 6.53 Å². The van der Waals surface area contributed by atoms with Crippen molar-refractivity contribution in [1.29, 1.82) is 0 Å². The molecule has 0 aliphatic heterocycles. The number of pyridine rings is 1. The number of benzene rings is 1. The zero-order valence-corrected chi connectivity index (χ0v) is 10.9. The molecule has 94 valence electrons. The van der Waals surface area contributed by atoms with Crippen LogP contribution in [0.25, 0.3) is 10.9 Å². The minimum Gasteiger partial charge on any atom is -0.400 e. The lowest BCUT2D eigenvalue weighted by molar-refractivity contribution is 0.399. The van der Waals surface area contributed by atoms with Gasteiger partial charge in [0.05, 0.1) is 5.52 Å². The van der Waals surface area contributed by atoms with Crippen LogP contribution < -0.4 is 5.32 Å². The van der Waals surface area contributed by atoms with Crippen molar-refractivity contribution in [1.82, 2.24) is 4.98 Å². The summed E-state index contributed by atoms with van der Waals surface area (Å²) in [4.78, 5) is 4.53. The van der Waals surface area contributed by atoms with Crippen LogP contribution in [0, 0.1) is 0 Å². The maximum absolute atomic E-state index is 7.00. The summed E-state index contributed by atoms with van der Waals surface area (Å²) < 4.78 is 0. The normalized spacial score (nSPS) is 10.0. The highest BCUT2D eigenvalue weighted by molar-refractivity contribution is 5.81. The second-order valence-electron chi connectivity index (χ2n) is 4.05. The summed E-state index contributed by atoms with van der Waals surface area (Å²) in [6, 6.07) is 10.6. The largest absolute Gasteiger partial charge is 0.400 e. The van der Waals surface area contributed by atoms with Crippen molar-refractivity contribution in [2.75, 3.05) is 19.5 Å². The molecule has 17 heavy (non-hydrogen) atoms. The Morgan fingerprint density at radius 1 is 1.18 bits per heavy atom. The molecule has 2 aromatic rings. The molecule has 1 aromatic heterocycles. The van der Waals surface area contributed by atoms with Crippen molar-refractivity contribution in [3.05, 3.63) is 35.9 Å². The van der Waals surface area contributed by atoms with E-state index in [0.29, 0.717) is 5.92 Å². The van der Waals surface area contributed by atoms with Crippen LogP contribution in [0.3, 0.4) is 0 Å². The van der Waals surface area contributed by atoms with E-state index in [1.165, 1.54) is 10.9 Å². The average molecular weight is 234 g/mol. The second-order valence-corrected chi connectivity index (χ2v) is 4.05. The van der Waals surface area contributed by atoms with Crippen LogP contribution in [0.1, 0.15) is 26.8 Å². The van der Waals surface area contributed by atoms with Crippen molar-refractivity contribution in [3.8, 4) is 0 Å². The minimum absolute atomic E-state index is 0. The molecule has 0 saturated heterocycles. The van der Waals surface area contributed by atoms with E-state index in [9.17, 15) is 0 Å². The fraction of sp³-hybridized carbons (Fsp3) is 0.357. The standard InChI is InChI=1S/C13H16N2.CH4O.H2/c1-9(2)11-5-4-10-6-7-13(14-3)15-12(10)8-11;1-2;/h4-9H,1-3H3,(H,14,15);2H,1H3;1H. The molecule has 3 nitrogen and oxygen atoms in total. The van der Waals surface area contributed by atoms with Crippen LogP contribution in [0.4, 0.5) is 5.82 Å². The number of aliphatic hydroxyl groups is 1. The summed E-state index contributed by atoms with van der Waals surface area (Å²) in [6.45, 7) is 4.40. The third kappa shape index (κ3) is 3.17. The summed E-state index contributed by atoms with van der Waals surface area (Å²) in [5, 5.41) is 11.2. The highest BCUT2D eigenvalue weighted by Crippen LogP contribution is 2.21. The van der Waals surface area contributed by atoms with Gasteiger partial charge in [-0.2, -0.15) is 0 Å². The Balaban J connectivity index is 0.000000917. The predicted octanol–water partition coefficient (Wildman–Crippen LogP) is 3.25. The first kappa shape index (κ1) is 13.5. The third-order valence-electron chi connectivity index (χ3n) is 2.64. The monoisotopic (exact) mass is 234 g/mol. The summed E-state index contributed by atoms with van der Waals surface area (Å²) in [5.74, 6) is 1.47. The molecule has 0 bridgehead atoms. The molecule has 0 fully saturated rings. The molecule has 3 heteroatoms. The van der Waals surface area contributed by atoms with E-state index in [0.717, 1.165) is 18.4 Å². The molecule has 0 unspecified atom stereocenters. The molecule has 0 aliphatic rings. The Hall–Kier alpha value is -1.61. The van der Waals surface area contributed by atoms with Crippen LogP contribution in [-0.2, 0) is 0 Å². The average Bonchev–Trinajstić information content (AvgIpc) is 2.39. The smallest absolute Gasteiger partial charge is 0.126 e. The first-order valence-corrected chi connectivity index (χ1v) is 5.74. The molecule has 0 spiro atoms. The Labute approximate surface area is 104 Å². The van der Waals surface area contributed by atoms with Gasteiger partial charge in [0.25, 0.3) is 0 Å². The van der Waals surface area contributed by atoms with Crippen molar-refractivity contribution in [3.63, 3.8) is 0 Å². The van der Waals surface area contributed by atoms with E-state index < -0.39 is 0 Å². The van der Waals surface area contributed by atoms with Crippen molar-refractivity contribution in [2.24, 2.45) is 0 Å². The van der Waals surface area contributed by atoms with Crippen LogP contribution in [-0.4, -0.2) is 24.2 Å². The van der Waals surface area contributed by atoms with Gasteiger partial charge >= 0.3 is 0 Å². The van der Waals surface area contributed by atoms with Crippen molar-refractivity contribution in [2.45, 2.75) is 19.8 Å². The number of anilines is 1. The molecule has 0 saturated carbocycles. The van der Waals surface area contributed by atoms with Gasteiger partial charge in [-0.05, 0) is 29.7 Å². The van der Waals surface area contributed by atoms with E-state index in [-0.39, 0.29) is 1.43 Å². The number of hydrogen-bond acceptors (Lipinski definition) is 3. The van der Waals surface area contributed by atoms with Gasteiger partial charge < -0.3 is 10.4 Å². The van der Waals surface area contributed by atoms with Gasteiger partial charge in [0.1, 0.15) is 5.82 Å². The number of nitrogens with zero attached hydrogens (tertiary/aromatic N) is 1. The number of fused-ring (bicyclic) bond motifs is 1. The van der Waals surface area contributed by atoms with Crippen LogP contribution in [0.15, 0.2) is 30.3 Å². The molecule has 0 amide bonds. The Morgan fingerprint density at radius 3 is 2.41 bits per heavy atom. The summed E-state index contributed by atoms with van der Waals surface area (Å²) >= 11 is 0. The molecular weight excluding hydrogens is 212 g/mol. The van der Waals surface area contributed by atoms with E-state index >= 15 is 0 Å². The second kappa shape index (κ2) is 6.21. The van der Waals surface area contributed by atoms with E-state index in [1.807, 2.05) is 13.1 Å². The minimum atomic E-state index is 0. The first-order chi connectivity index (χ1) is 8.20. The van der Waals surface area contributed by atoms with E-state index in [1.54, 1.807) is 0 Å². The molecular formula is C14H22N2O. The van der Waals surface area contributed by atoms with E-state index in [4.69, 9.17) is 5.11 Å².